The van der Waals surface area contributed by atoms with Gasteiger partial charge in [0.25, 0.3) is 0 Å². The fourth-order valence-electron chi connectivity index (χ4n) is 3.57. The summed E-state index contributed by atoms with van der Waals surface area (Å²) in [6.45, 7) is -0.834. The highest BCUT2D eigenvalue weighted by Crippen LogP contribution is 2.12. The lowest BCUT2D eigenvalue weighted by atomic mass is 10.0. The molecule has 2 rings (SSSR count). The normalized spacial score (nSPS) is 13.8. The number of rotatable bonds is 15. The summed E-state index contributed by atoms with van der Waals surface area (Å²) >= 11 is 0. The van der Waals surface area contributed by atoms with Crippen LogP contribution >= 0.6 is 0 Å². The zero-order valence-electron chi connectivity index (χ0n) is 21.1. The monoisotopic (exact) mass is 543 g/mol. The summed E-state index contributed by atoms with van der Waals surface area (Å²) < 4.78 is 0. The molecular formula is C26H33N5O8. The number of primary amides is 1. The van der Waals surface area contributed by atoms with Crippen LogP contribution in [0.4, 0.5) is 0 Å². The van der Waals surface area contributed by atoms with Crippen molar-refractivity contribution in [2.75, 3.05) is 6.61 Å². The molecule has 210 valence electrons. The molecule has 0 aliphatic heterocycles. The lowest BCUT2D eigenvalue weighted by Gasteiger charge is -2.24. The molecule has 0 saturated heterocycles. The maximum Gasteiger partial charge on any atom is 0.326 e. The molecule has 0 saturated carbocycles. The number of aliphatic hydroxyl groups excluding tert-OH is 1. The topological polar surface area (TPSA) is 234 Å². The summed E-state index contributed by atoms with van der Waals surface area (Å²) in [6.07, 6.45) is -0.349. The molecule has 13 heteroatoms. The third-order valence-corrected chi connectivity index (χ3v) is 5.76. The van der Waals surface area contributed by atoms with Crippen LogP contribution in [0.2, 0.25) is 0 Å². The number of carboxylic acid groups (broad SMARTS) is 1. The van der Waals surface area contributed by atoms with Gasteiger partial charge in [0.15, 0.2) is 0 Å². The second kappa shape index (κ2) is 15.1. The minimum atomic E-state index is -1.49. The Morgan fingerprint density at radius 3 is 1.82 bits per heavy atom. The average molecular weight is 544 g/mol. The first-order valence-electron chi connectivity index (χ1n) is 12.1. The van der Waals surface area contributed by atoms with Gasteiger partial charge in [0.05, 0.1) is 12.6 Å². The number of phenols is 1. The molecule has 0 spiro atoms. The van der Waals surface area contributed by atoms with Crippen LogP contribution in [0, 0.1) is 0 Å². The number of nitrogens with two attached hydrogens (primary N) is 2. The van der Waals surface area contributed by atoms with Gasteiger partial charge in [0.2, 0.25) is 23.6 Å². The van der Waals surface area contributed by atoms with E-state index in [1.54, 1.807) is 30.3 Å². The van der Waals surface area contributed by atoms with Crippen molar-refractivity contribution in [1.82, 2.24) is 16.0 Å². The molecule has 4 atom stereocenters. The number of nitrogens with one attached hydrogen (secondary N) is 3. The lowest BCUT2D eigenvalue weighted by molar-refractivity contribution is -0.142. The van der Waals surface area contributed by atoms with E-state index in [-0.39, 0.29) is 31.4 Å². The maximum atomic E-state index is 13.2. The van der Waals surface area contributed by atoms with Crippen molar-refractivity contribution in [3.05, 3.63) is 65.7 Å². The molecule has 13 nitrogen and oxygen atoms in total. The number of hydrogen-bond donors (Lipinski definition) is 8. The van der Waals surface area contributed by atoms with E-state index >= 15 is 0 Å². The Hall–Kier alpha value is -4.49. The van der Waals surface area contributed by atoms with E-state index in [1.807, 2.05) is 0 Å². The van der Waals surface area contributed by atoms with Crippen LogP contribution < -0.4 is 27.4 Å². The van der Waals surface area contributed by atoms with E-state index in [0.29, 0.717) is 11.1 Å². The molecule has 2 aromatic rings. The van der Waals surface area contributed by atoms with Gasteiger partial charge in [-0.2, -0.15) is 0 Å². The molecule has 0 radical (unpaired) electrons. The van der Waals surface area contributed by atoms with Gasteiger partial charge >= 0.3 is 5.97 Å². The maximum absolute atomic E-state index is 13.2. The van der Waals surface area contributed by atoms with Crippen LogP contribution in [0.25, 0.3) is 0 Å². The Morgan fingerprint density at radius 1 is 0.744 bits per heavy atom. The molecule has 10 N–H and O–H groups in total. The standard InChI is InChI=1S/C26H33N5O8/c27-18(10-11-22(28)34)23(35)31-21(14-32)25(37)29-19(12-16-6-8-17(33)9-7-16)24(36)30-20(26(38)39)13-15-4-2-1-3-5-15/h1-9,18-21,32-33H,10-14,27H2,(H2,28,34)(H,29,37)(H,30,36)(H,31,35)(H,38,39). The van der Waals surface area contributed by atoms with E-state index in [9.17, 15) is 39.3 Å². The summed E-state index contributed by atoms with van der Waals surface area (Å²) in [6, 6.07) is 9.15. The van der Waals surface area contributed by atoms with Crippen molar-refractivity contribution in [3.63, 3.8) is 0 Å². The van der Waals surface area contributed by atoms with Crippen LogP contribution in [-0.4, -0.2) is 75.7 Å². The second-order valence-electron chi connectivity index (χ2n) is 8.88. The van der Waals surface area contributed by atoms with Gasteiger partial charge in [-0.25, -0.2) is 4.79 Å². The van der Waals surface area contributed by atoms with Crippen LogP contribution in [0.15, 0.2) is 54.6 Å². The number of hydrogen-bond acceptors (Lipinski definition) is 8. The first-order valence-corrected chi connectivity index (χ1v) is 12.1. The molecule has 0 aromatic heterocycles. The SMILES string of the molecule is NC(=O)CCC(N)C(=O)NC(CO)C(=O)NC(Cc1ccc(O)cc1)C(=O)NC(Cc1ccccc1)C(=O)O. The van der Waals surface area contributed by atoms with Crippen molar-refractivity contribution in [2.24, 2.45) is 11.5 Å². The molecule has 0 aliphatic rings. The van der Waals surface area contributed by atoms with E-state index in [0.717, 1.165) is 0 Å². The number of benzene rings is 2. The Bertz CT molecular complexity index is 1140. The summed E-state index contributed by atoms with van der Waals surface area (Å²) in [5.74, 6) is -4.54. The number of carbonyl (C=O) groups excluding carboxylic acids is 4. The third kappa shape index (κ3) is 10.4. The minimum absolute atomic E-state index is 0.0136. The molecule has 0 heterocycles. The smallest absolute Gasteiger partial charge is 0.326 e. The highest BCUT2D eigenvalue weighted by molar-refractivity contribution is 5.94. The van der Waals surface area contributed by atoms with Crippen molar-refractivity contribution < 1.29 is 39.3 Å². The van der Waals surface area contributed by atoms with Gasteiger partial charge in [0.1, 0.15) is 23.9 Å². The number of aliphatic carboxylic acids is 1. The van der Waals surface area contributed by atoms with Crippen molar-refractivity contribution >= 4 is 29.6 Å². The number of carboxylic acids is 1. The number of aliphatic hydroxyl groups is 1. The number of aromatic hydroxyl groups is 1. The molecule has 0 fully saturated rings. The Kier molecular flexibility index (Phi) is 11.9. The first-order chi connectivity index (χ1) is 18.5. The quantitative estimate of drug-likeness (QED) is 0.128. The first kappa shape index (κ1) is 30.7. The third-order valence-electron chi connectivity index (χ3n) is 5.76. The van der Waals surface area contributed by atoms with Gasteiger partial charge in [0, 0.05) is 19.3 Å². The number of phenolic OH excluding ortho intramolecular Hbond substituents is 1. The van der Waals surface area contributed by atoms with Crippen molar-refractivity contribution in [2.45, 2.75) is 49.9 Å². The van der Waals surface area contributed by atoms with E-state index in [1.165, 1.54) is 24.3 Å². The van der Waals surface area contributed by atoms with Crippen LogP contribution in [0.5, 0.6) is 5.75 Å². The fourth-order valence-corrected chi connectivity index (χ4v) is 3.57. The number of amides is 4. The van der Waals surface area contributed by atoms with E-state index in [2.05, 4.69) is 16.0 Å². The van der Waals surface area contributed by atoms with Gasteiger partial charge < -0.3 is 42.7 Å². The van der Waals surface area contributed by atoms with Crippen LogP contribution in [0.3, 0.4) is 0 Å². The largest absolute Gasteiger partial charge is 0.508 e. The van der Waals surface area contributed by atoms with Gasteiger partial charge in [-0.3, -0.25) is 19.2 Å². The summed E-state index contributed by atoms with van der Waals surface area (Å²) in [4.78, 5) is 61.2. The zero-order valence-corrected chi connectivity index (χ0v) is 21.1. The van der Waals surface area contributed by atoms with E-state index in [4.69, 9.17) is 11.5 Å². The lowest BCUT2D eigenvalue weighted by Crippen LogP contribution is -2.58. The van der Waals surface area contributed by atoms with E-state index < -0.39 is 60.4 Å². The molecule has 4 amide bonds. The average Bonchev–Trinajstić information content (AvgIpc) is 2.90. The van der Waals surface area contributed by atoms with Gasteiger partial charge in [-0.1, -0.05) is 42.5 Å². The van der Waals surface area contributed by atoms with Crippen LogP contribution in [-0.2, 0) is 36.8 Å². The summed E-state index contributed by atoms with van der Waals surface area (Å²) in [5, 5.41) is 36.1. The van der Waals surface area contributed by atoms with Crippen LogP contribution in [0.1, 0.15) is 24.0 Å². The highest BCUT2D eigenvalue weighted by Gasteiger charge is 2.30. The fraction of sp³-hybridized carbons (Fsp3) is 0.346. The van der Waals surface area contributed by atoms with Gasteiger partial charge in [-0.15, -0.1) is 0 Å². The van der Waals surface area contributed by atoms with Crippen molar-refractivity contribution in [3.8, 4) is 5.75 Å². The van der Waals surface area contributed by atoms with Gasteiger partial charge in [-0.05, 0) is 29.7 Å². The molecule has 4 unspecified atom stereocenters. The molecule has 0 aliphatic carbocycles. The molecule has 2 aromatic carbocycles. The second-order valence-corrected chi connectivity index (χ2v) is 8.88. The molecule has 39 heavy (non-hydrogen) atoms. The van der Waals surface area contributed by atoms with Crippen molar-refractivity contribution in [1.29, 1.82) is 0 Å². The molecular weight excluding hydrogens is 510 g/mol. The zero-order chi connectivity index (χ0) is 28.9. The predicted octanol–water partition coefficient (Wildman–Crippen LogP) is -1.70. The predicted molar refractivity (Wildman–Crippen MR) is 139 cm³/mol. The minimum Gasteiger partial charge on any atom is -0.508 e. The summed E-state index contributed by atoms with van der Waals surface area (Å²) in [7, 11) is 0. The number of carbonyl (C=O) groups is 5. The Morgan fingerprint density at radius 2 is 1.26 bits per heavy atom. The Labute approximate surface area is 224 Å². The highest BCUT2D eigenvalue weighted by atomic mass is 16.4. The Balaban J connectivity index is 2.18. The summed E-state index contributed by atoms with van der Waals surface area (Å²) in [5.41, 5.74) is 11.9. The molecule has 0 bridgehead atoms.